The van der Waals surface area contributed by atoms with Crippen LogP contribution < -0.4 is 0 Å². The minimum Gasteiger partial charge on any atom is -0.233 e. The number of hydrogen-bond acceptors (Lipinski definition) is 3. The maximum absolute atomic E-state index is 13.7. The quantitative estimate of drug-likeness (QED) is 0.761. The Morgan fingerprint density at radius 3 is 2.81 bits per heavy atom. The van der Waals surface area contributed by atoms with Crippen LogP contribution in [0, 0.1) is 17.1 Å². The Kier molecular flexibility index (Phi) is 2.80. The van der Waals surface area contributed by atoms with Gasteiger partial charge < -0.3 is 0 Å². The molecule has 78 valence electrons. The molecule has 2 rings (SSSR count). The van der Waals surface area contributed by atoms with Gasteiger partial charge in [-0.1, -0.05) is 23.7 Å². The fourth-order valence-corrected chi connectivity index (χ4v) is 1.48. The van der Waals surface area contributed by atoms with Crippen molar-refractivity contribution in [3.8, 4) is 17.3 Å². The molecule has 3 nitrogen and oxygen atoms in total. The summed E-state index contributed by atoms with van der Waals surface area (Å²) in [6.45, 7) is 0. The molecule has 0 saturated heterocycles. The van der Waals surface area contributed by atoms with E-state index in [0.29, 0.717) is 10.6 Å². The topological polar surface area (TPSA) is 49.6 Å². The smallest absolute Gasteiger partial charge is 0.185 e. The summed E-state index contributed by atoms with van der Waals surface area (Å²) in [5, 5.41) is 9.12. The zero-order valence-corrected chi connectivity index (χ0v) is 8.74. The third-order valence-electron chi connectivity index (χ3n) is 1.99. The Hall–Kier alpha value is -1.99. The Morgan fingerprint density at radius 2 is 2.12 bits per heavy atom. The van der Waals surface area contributed by atoms with Crippen molar-refractivity contribution in [1.29, 1.82) is 5.26 Å². The van der Waals surface area contributed by atoms with Crippen molar-refractivity contribution in [3.63, 3.8) is 0 Å². The number of halogens is 2. The van der Waals surface area contributed by atoms with E-state index in [1.54, 1.807) is 30.3 Å². The molecule has 0 aliphatic heterocycles. The van der Waals surface area contributed by atoms with Crippen LogP contribution in [0.2, 0.25) is 5.02 Å². The van der Waals surface area contributed by atoms with E-state index < -0.39 is 5.82 Å². The fourth-order valence-electron chi connectivity index (χ4n) is 1.28. The lowest BCUT2D eigenvalue weighted by molar-refractivity contribution is 0.613. The summed E-state index contributed by atoms with van der Waals surface area (Å²) in [5.41, 5.74) is 0.322. The first-order valence-corrected chi connectivity index (χ1v) is 4.76. The molecular weight excluding hydrogens is 229 g/mol. The van der Waals surface area contributed by atoms with E-state index in [-0.39, 0.29) is 11.4 Å². The predicted molar refractivity (Wildman–Crippen MR) is 57.2 cm³/mol. The fraction of sp³-hybridized carbons (Fsp3) is 0. The van der Waals surface area contributed by atoms with Crippen molar-refractivity contribution in [2.45, 2.75) is 0 Å². The summed E-state index contributed by atoms with van der Waals surface area (Å²) in [5.74, 6) is -0.729. The largest absolute Gasteiger partial charge is 0.233 e. The Labute approximate surface area is 96.2 Å². The zero-order chi connectivity index (χ0) is 11.5. The molecule has 0 amide bonds. The van der Waals surface area contributed by atoms with Gasteiger partial charge in [-0.3, -0.25) is 0 Å². The Morgan fingerprint density at radius 1 is 1.31 bits per heavy atom. The van der Waals surface area contributed by atoms with E-state index in [1.165, 1.54) is 0 Å². The lowest BCUT2D eigenvalue weighted by Crippen LogP contribution is -1.96. The average molecular weight is 234 g/mol. The normalized spacial score (nSPS) is 9.81. The monoisotopic (exact) mass is 233 g/mol. The van der Waals surface area contributed by atoms with Crippen molar-refractivity contribution in [2.24, 2.45) is 0 Å². The van der Waals surface area contributed by atoms with Crippen LogP contribution in [-0.4, -0.2) is 9.97 Å². The summed E-state index contributed by atoms with van der Waals surface area (Å²) >= 11 is 5.79. The molecule has 0 spiro atoms. The highest BCUT2D eigenvalue weighted by molar-refractivity contribution is 6.30. The van der Waals surface area contributed by atoms with Crippen LogP contribution in [0.3, 0.4) is 0 Å². The highest BCUT2D eigenvalue weighted by Gasteiger charge is 2.12. The van der Waals surface area contributed by atoms with Gasteiger partial charge in [-0.15, -0.1) is 0 Å². The van der Waals surface area contributed by atoms with Gasteiger partial charge in [-0.05, 0) is 12.1 Å². The number of benzene rings is 1. The molecular formula is C11H5ClFN3. The van der Waals surface area contributed by atoms with Gasteiger partial charge >= 0.3 is 0 Å². The van der Waals surface area contributed by atoms with Crippen molar-refractivity contribution >= 4 is 11.6 Å². The molecule has 0 unspecified atom stereocenters. The van der Waals surface area contributed by atoms with Crippen LogP contribution in [0.5, 0.6) is 0 Å². The highest BCUT2D eigenvalue weighted by atomic mass is 35.5. The van der Waals surface area contributed by atoms with Crippen LogP contribution in [-0.2, 0) is 0 Å². The third-order valence-corrected chi connectivity index (χ3v) is 2.23. The number of nitrogens with zero attached hydrogens (tertiary/aromatic N) is 3. The number of rotatable bonds is 1. The highest BCUT2D eigenvalue weighted by Crippen LogP contribution is 2.23. The maximum Gasteiger partial charge on any atom is 0.185 e. The van der Waals surface area contributed by atoms with Gasteiger partial charge in [0.1, 0.15) is 18.1 Å². The van der Waals surface area contributed by atoms with E-state index in [2.05, 4.69) is 9.97 Å². The van der Waals surface area contributed by atoms with E-state index in [9.17, 15) is 4.39 Å². The van der Waals surface area contributed by atoms with E-state index >= 15 is 0 Å². The molecule has 0 atom stereocenters. The molecule has 1 aromatic carbocycles. The van der Waals surface area contributed by atoms with E-state index in [1.807, 2.05) is 0 Å². The molecule has 0 aliphatic rings. The lowest BCUT2D eigenvalue weighted by atomic mass is 10.1. The van der Waals surface area contributed by atoms with Gasteiger partial charge in [0.2, 0.25) is 0 Å². The molecule has 0 aliphatic carbocycles. The minimum absolute atomic E-state index is 0.0778. The molecule has 2 aromatic rings. The Bertz CT molecular complexity index is 578. The molecule has 0 N–H and O–H groups in total. The lowest BCUT2D eigenvalue weighted by Gasteiger charge is -2.02. The first-order valence-electron chi connectivity index (χ1n) is 4.39. The predicted octanol–water partition coefficient (Wildman–Crippen LogP) is 2.81. The van der Waals surface area contributed by atoms with Gasteiger partial charge in [0.25, 0.3) is 0 Å². The van der Waals surface area contributed by atoms with E-state index in [4.69, 9.17) is 16.9 Å². The van der Waals surface area contributed by atoms with Crippen LogP contribution in [0.1, 0.15) is 5.69 Å². The number of hydrogen-bond donors (Lipinski definition) is 0. The summed E-state index contributed by atoms with van der Waals surface area (Å²) in [7, 11) is 0. The second kappa shape index (κ2) is 4.25. The van der Waals surface area contributed by atoms with Gasteiger partial charge in [0, 0.05) is 10.6 Å². The van der Waals surface area contributed by atoms with Crippen LogP contribution in [0.4, 0.5) is 4.39 Å². The molecule has 0 bridgehead atoms. The third kappa shape index (κ3) is 1.86. The van der Waals surface area contributed by atoms with Crippen molar-refractivity contribution in [3.05, 3.63) is 47.1 Å². The van der Waals surface area contributed by atoms with Gasteiger partial charge in [0.05, 0.1) is 0 Å². The van der Waals surface area contributed by atoms with E-state index in [0.717, 1.165) is 6.33 Å². The summed E-state index contributed by atoms with van der Waals surface area (Å²) in [6.07, 6.45) is 1.15. The second-order valence-electron chi connectivity index (χ2n) is 3.01. The first kappa shape index (κ1) is 10.5. The first-order chi connectivity index (χ1) is 7.72. The van der Waals surface area contributed by atoms with Crippen LogP contribution in [0.25, 0.3) is 11.3 Å². The summed E-state index contributed by atoms with van der Waals surface area (Å²) < 4.78 is 13.7. The molecule has 0 saturated carbocycles. The van der Waals surface area contributed by atoms with Crippen molar-refractivity contribution in [1.82, 2.24) is 9.97 Å². The van der Waals surface area contributed by atoms with Crippen LogP contribution >= 0.6 is 11.6 Å². The molecule has 1 heterocycles. The zero-order valence-electron chi connectivity index (χ0n) is 7.98. The molecule has 16 heavy (non-hydrogen) atoms. The van der Waals surface area contributed by atoms with Gasteiger partial charge in [-0.2, -0.15) is 5.26 Å². The number of nitriles is 1. The second-order valence-corrected chi connectivity index (χ2v) is 3.44. The Balaban J connectivity index is 2.62. The molecule has 1 aromatic heterocycles. The minimum atomic E-state index is -0.729. The molecule has 0 radical (unpaired) electrons. The summed E-state index contributed by atoms with van der Waals surface area (Å²) in [4.78, 5) is 7.33. The molecule has 0 fully saturated rings. The van der Waals surface area contributed by atoms with Crippen molar-refractivity contribution in [2.75, 3.05) is 0 Å². The van der Waals surface area contributed by atoms with Crippen LogP contribution in [0.15, 0.2) is 30.6 Å². The van der Waals surface area contributed by atoms with Gasteiger partial charge in [-0.25, -0.2) is 14.4 Å². The standard InChI is InChI=1S/C11H5ClFN3/c12-8-3-1-2-7(4-8)11-10(13)9(5-14)15-6-16-11/h1-4,6H. The number of aromatic nitrogens is 2. The SMILES string of the molecule is N#Cc1ncnc(-c2cccc(Cl)c2)c1F. The van der Waals surface area contributed by atoms with Crippen molar-refractivity contribution < 1.29 is 4.39 Å². The average Bonchev–Trinajstić information content (AvgIpc) is 2.29. The molecule has 5 heteroatoms. The summed E-state index contributed by atoms with van der Waals surface area (Å²) in [6, 6.07) is 8.27. The van der Waals surface area contributed by atoms with Gasteiger partial charge in [0.15, 0.2) is 11.5 Å². The maximum atomic E-state index is 13.7.